The number of hydrogen-bond donors (Lipinski definition) is 2. The average Bonchev–Trinajstić information content (AvgIpc) is 3.00. The number of aromatic nitrogens is 2. The summed E-state index contributed by atoms with van der Waals surface area (Å²) in [4.78, 5) is 22.5. The molecule has 0 aliphatic heterocycles. The average molecular weight is 355 g/mol. The summed E-state index contributed by atoms with van der Waals surface area (Å²) >= 11 is 0. The molecule has 0 spiro atoms. The molecule has 6 nitrogen and oxygen atoms in total. The van der Waals surface area contributed by atoms with E-state index in [4.69, 9.17) is 5.11 Å². The molecule has 134 valence electrons. The number of carboxylic acids is 1. The molecule has 0 radical (unpaired) electrons. The molecule has 1 amide bonds. The second kappa shape index (κ2) is 7.82. The first-order chi connectivity index (χ1) is 11.8. The van der Waals surface area contributed by atoms with Crippen molar-refractivity contribution in [3.8, 4) is 0 Å². The summed E-state index contributed by atoms with van der Waals surface area (Å²) in [5.41, 5.74) is 0.419. The van der Waals surface area contributed by atoms with Crippen LogP contribution in [0.1, 0.15) is 15.9 Å². The molecule has 25 heavy (non-hydrogen) atoms. The normalized spacial score (nSPS) is 12.6. The summed E-state index contributed by atoms with van der Waals surface area (Å²) < 4.78 is 40.5. The SMILES string of the molecule is O=C(Cn1cc(C(=O)O)cn1)NCC(Cc1ccccc1)C(F)(F)F. The van der Waals surface area contributed by atoms with E-state index >= 15 is 0 Å². The first-order valence-corrected chi connectivity index (χ1v) is 7.39. The highest BCUT2D eigenvalue weighted by atomic mass is 19.4. The van der Waals surface area contributed by atoms with Crippen LogP contribution in [0.15, 0.2) is 42.7 Å². The molecule has 0 saturated carbocycles. The third-order valence-corrected chi connectivity index (χ3v) is 3.52. The van der Waals surface area contributed by atoms with Crippen LogP contribution < -0.4 is 5.32 Å². The Kier molecular flexibility index (Phi) is 5.79. The van der Waals surface area contributed by atoms with Gasteiger partial charge in [0.15, 0.2) is 0 Å². The van der Waals surface area contributed by atoms with Crippen molar-refractivity contribution in [2.24, 2.45) is 5.92 Å². The maximum atomic E-state index is 13.1. The van der Waals surface area contributed by atoms with Gasteiger partial charge in [-0.1, -0.05) is 30.3 Å². The van der Waals surface area contributed by atoms with Crippen LogP contribution in [-0.2, 0) is 17.8 Å². The van der Waals surface area contributed by atoms with Crippen LogP contribution in [0.5, 0.6) is 0 Å². The monoisotopic (exact) mass is 355 g/mol. The van der Waals surface area contributed by atoms with Gasteiger partial charge in [0.1, 0.15) is 6.54 Å². The van der Waals surface area contributed by atoms with Gasteiger partial charge in [-0.2, -0.15) is 18.3 Å². The second-order valence-electron chi connectivity index (χ2n) is 5.46. The van der Waals surface area contributed by atoms with Crippen molar-refractivity contribution in [2.45, 2.75) is 19.1 Å². The molecule has 1 unspecified atom stereocenters. The molecule has 1 heterocycles. The molecule has 0 fully saturated rings. The maximum Gasteiger partial charge on any atom is 0.393 e. The minimum Gasteiger partial charge on any atom is -0.478 e. The van der Waals surface area contributed by atoms with E-state index in [2.05, 4.69) is 10.4 Å². The van der Waals surface area contributed by atoms with E-state index in [9.17, 15) is 22.8 Å². The number of hydrogen-bond acceptors (Lipinski definition) is 3. The van der Waals surface area contributed by atoms with Crippen molar-refractivity contribution in [1.82, 2.24) is 15.1 Å². The molecule has 1 atom stereocenters. The van der Waals surface area contributed by atoms with Gasteiger partial charge >= 0.3 is 12.1 Å². The molecule has 2 rings (SSSR count). The fourth-order valence-electron chi connectivity index (χ4n) is 2.20. The lowest BCUT2D eigenvalue weighted by molar-refractivity contribution is -0.173. The van der Waals surface area contributed by atoms with Gasteiger partial charge in [0.05, 0.1) is 17.7 Å². The lowest BCUT2D eigenvalue weighted by Gasteiger charge is -2.21. The van der Waals surface area contributed by atoms with E-state index < -0.39 is 30.5 Å². The number of carbonyl (C=O) groups excluding carboxylic acids is 1. The van der Waals surface area contributed by atoms with Gasteiger partial charge in [-0.25, -0.2) is 4.79 Å². The Balaban J connectivity index is 1.92. The molecule has 0 aliphatic carbocycles. The number of carbonyl (C=O) groups is 2. The van der Waals surface area contributed by atoms with E-state index in [0.717, 1.165) is 17.1 Å². The van der Waals surface area contributed by atoms with Gasteiger partial charge in [-0.15, -0.1) is 0 Å². The zero-order chi connectivity index (χ0) is 18.4. The van der Waals surface area contributed by atoms with E-state index in [1.165, 1.54) is 0 Å². The van der Waals surface area contributed by atoms with E-state index in [-0.39, 0.29) is 18.5 Å². The minimum absolute atomic E-state index is 0.106. The van der Waals surface area contributed by atoms with Gasteiger partial charge in [-0.05, 0) is 12.0 Å². The maximum absolute atomic E-state index is 13.1. The number of halogens is 3. The van der Waals surface area contributed by atoms with Crippen LogP contribution >= 0.6 is 0 Å². The quantitative estimate of drug-likeness (QED) is 0.797. The summed E-state index contributed by atoms with van der Waals surface area (Å²) in [7, 11) is 0. The van der Waals surface area contributed by atoms with E-state index in [1.54, 1.807) is 30.3 Å². The molecule has 2 aromatic rings. The third-order valence-electron chi connectivity index (χ3n) is 3.52. The number of rotatable bonds is 7. The van der Waals surface area contributed by atoms with Crippen LogP contribution in [0.25, 0.3) is 0 Å². The Hall–Kier alpha value is -2.84. The zero-order valence-corrected chi connectivity index (χ0v) is 13.0. The molecular formula is C16H16F3N3O3. The van der Waals surface area contributed by atoms with Gasteiger partial charge in [-0.3, -0.25) is 9.48 Å². The van der Waals surface area contributed by atoms with Gasteiger partial charge in [0, 0.05) is 12.7 Å². The highest BCUT2D eigenvalue weighted by molar-refractivity contribution is 5.87. The van der Waals surface area contributed by atoms with Gasteiger partial charge in [0.2, 0.25) is 5.91 Å². The smallest absolute Gasteiger partial charge is 0.393 e. The number of nitrogens with zero attached hydrogens (tertiary/aromatic N) is 2. The Morgan fingerprint density at radius 3 is 2.48 bits per heavy atom. The summed E-state index contributed by atoms with van der Waals surface area (Å²) in [6, 6.07) is 8.21. The number of benzene rings is 1. The molecule has 1 aromatic heterocycles. The van der Waals surface area contributed by atoms with Crippen LogP contribution in [0.4, 0.5) is 13.2 Å². The standard InChI is InChI=1S/C16H16F3N3O3/c17-16(18,19)13(6-11-4-2-1-3-5-11)8-20-14(23)10-22-9-12(7-21-22)15(24)25/h1-5,7,9,13H,6,8,10H2,(H,20,23)(H,24,25). The van der Waals surface area contributed by atoms with Crippen molar-refractivity contribution >= 4 is 11.9 Å². The molecule has 0 saturated heterocycles. The van der Waals surface area contributed by atoms with Crippen molar-refractivity contribution in [1.29, 1.82) is 0 Å². The Morgan fingerprint density at radius 1 is 1.24 bits per heavy atom. The highest BCUT2D eigenvalue weighted by Crippen LogP contribution is 2.28. The van der Waals surface area contributed by atoms with Crippen molar-refractivity contribution < 1.29 is 27.9 Å². The molecule has 0 bridgehead atoms. The third kappa shape index (κ3) is 5.63. The van der Waals surface area contributed by atoms with Crippen LogP contribution in [0.2, 0.25) is 0 Å². The topological polar surface area (TPSA) is 84.2 Å². The summed E-state index contributed by atoms with van der Waals surface area (Å²) in [6.07, 6.45) is -2.50. The van der Waals surface area contributed by atoms with Crippen molar-refractivity contribution in [3.05, 3.63) is 53.9 Å². The number of aromatic carboxylic acids is 1. The predicted molar refractivity (Wildman–Crippen MR) is 81.9 cm³/mol. The van der Waals surface area contributed by atoms with Gasteiger partial charge in [0.25, 0.3) is 0 Å². The first kappa shape index (κ1) is 18.5. The fraction of sp³-hybridized carbons (Fsp3) is 0.312. The van der Waals surface area contributed by atoms with Gasteiger partial charge < -0.3 is 10.4 Å². The zero-order valence-electron chi connectivity index (χ0n) is 13.0. The Morgan fingerprint density at radius 2 is 1.92 bits per heavy atom. The fourth-order valence-corrected chi connectivity index (χ4v) is 2.20. The van der Waals surface area contributed by atoms with Crippen molar-refractivity contribution in [3.63, 3.8) is 0 Å². The molecule has 0 aliphatic rings. The highest BCUT2D eigenvalue weighted by Gasteiger charge is 2.39. The second-order valence-corrected chi connectivity index (χ2v) is 5.46. The first-order valence-electron chi connectivity index (χ1n) is 7.39. The summed E-state index contributed by atoms with van der Waals surface area (Å²) in [5.74, 6) is -3.60. The van der Waals surface area contributed by atoms with E-state index in [0.29, 0.717) is 5.56 Å². The number of nitrogens with one attached hydrogen (secondary N) is 1. The number of alkyl halides is 3. The Labute approximate surface area is 141 Å². The lowest BCUT2D eigenvalue weighted by Crippen LogP contribution is -2.39. The molecule has 1 aromatic carbocycles. The van der Waals surface area contributed by atoms with Crippen LogP contribution in [-0.4, -0.2) is 39.5 Å². The molecule has 2 N–H and O–H groups in total. The van der Waals surface area contributed by atoms with Crippen LogP contribution in [0, 0.1) is 5.92 Å². The van der Waals surface area contributed by atoms with E-state index in [1.807, 2.05) is 0 Å². The summed E-state index contributed by atoms with van der Waals surface area (Å²) in [5, 5.41) is 14.7. The van der Waals surface area contributed by atoms with Crippen molar-refractivity contribution in [2.75, 3.05) is 6.54 Å². The Bertz CT molecular complexity index is 729. The molecular weight excluding hydrogens is 339 g/mol. The summed E-state index contributed by atoms with van der Waals surface area (Å²) in [6.45, 7) is -0.923. The minimum atomic E-state index is -4.45. The largest absolute Gasteiger partial charge is 0.478 e. The predicted octanol–water partition coefficient (Wildman–Crippen LogP) is 2.12. The number of amides is 1. The van der Waals surface area contributed by atoms with Crippen LogP contribution in [0.3, 0.4) is 0 Å². The number of carboxylic acid groups (broad SMARTS) is 1. The lowest BCUT2D eigenvalue weighted by atomic mass is 9.98. The molecule has 9 heteroatoms.